The van der Waals surface area contributed by atoms with E-state index in [1.165, 1.54) is 18.2 Å². The molecule has 168 valence electrons. The molecule has 0 saturated heterocycles. The Balaban J connectivity index is 1.64. The van der Waals surface area contributed by atoms with Gasteiger partial charge in [-0.05, 0) is 42.0 Å². The second-order valence-electron chi connectivity index (χ2n) is 7.01. The number of hydrogen-bond donors (Lipinski definition) is 4. The molecule has 0 spiro atoms. The Labute approximate surface area is 188 Å². The van der Waals surface area contributed by atoms with Crippen molar-refractivity contribution in [3.63, 3.8) is 0 Å². The summed E-state index contributed by atoms with van der Waals surface area (Å²) in [6, 6.07) is 19.6. The molecule has 0 atom stereocenters. The summed E-state index contributed by atoms with van der Waals surface area (Å²) in [6.07, 6.45) is 0. The number of carbonyl (C=O) groups is 3. The van der Waals surface area contributed by atoms with Crippen LogP contribution in [0.3, 0.4) is 0 Å². The Hall–Kier alpha value is -4.73. The van der Waals surface area contributed by atoms with Crippen LogP contribution in [0.4, 0.5) is 17.1 Å². The molecule has 0 aromatic heterocycles. The van der Waals surface area contributed by atoms with Gasteiger partial charge in [-0.15, -0.1) is 0 Å². The maximum Gasteiger partial charge on any atom is 0.293 e. The molecule has 3 aromatic rings. The average molecular weight is 447 g/mol. The maximum absolute atomic E-state index is 12.5. The number of nitrogens with one attached hydrogen (secondary N) is 3. The number of nitro benzene ring substituents is 1. The van der Waals surface area contributed by atoms with Crippen LogP contribution in [0.5, 0.6) is 0 Å². The van der Waals surface area contributed by atoms with Crippen molar-refractivity contribution >= 4 is 34.8 Å². The van der Waals surface area contributed by atoms with Crippen molar-refractivity contribution in [2.75, 3.05) is 11.9 Å². The van der Waals surface area contributed by atoms with Gasteiger partial charge in [0, 0.05) is 29.4 Å². The molecule has 10 nitrogen and oxygen atoms in total. The van der Waals surface area contributed by atoms with Gasteiger partial charge in [-0.25, -0.2) is 0 Å². The molecule has 0 fully saturated rings. The van der Waals surface area contributed by atoms with E-state index in [0.717, 1.165) is 0 Å². The summed E-state index contributed by atoms with van der Waals surface area (Å²) < 4.78 is 0. The molecule has 3 rings (SSSR count). The van der Waals surface area contributed by atoms with Gasteiger partial charge in [-0.1, -0.05) is 30.3 Å². The Morgan fingerprint density at radius 2 is 1.48 bits per heavy atom. The fourth-order valence-corrected chi connectivity index (χ4v) is 2.93. The molecule has 3 aromatic carbocycles. The third-order valence-corrected chi connectivity index (χ3v) is 4.60. The second-order valence-corrected chi connectivity index (χ2v) is 7.01. The molecule has 0 aliphatic carbocycles. The van der Waals surface area contributed by atoms with Gasteiger partial charge < -0.3 is 21.7 Å². The maximum atomic E-state index is 12.5. The molecule has 0 radical (unpaired) electrons. The first-order valence-corrected chi connectivity index (χ1v) is 9.87. The number of rotatable bonds is 9. The van der Waals surface area contributed by atoms with Crippen LogP contribution in [0.25, 0.3) is 0 Å². The van der Waals surface area contributed by atoms with Crippen LogP contribution in [-0.4, -0.2) is 29.2 Å². The fraction of sp³-hybridized carbons (Fsp3) is 0.0870. The largest absolute Gasteiger partial charge is 0.368 e. The zero-order valence-electron chi connectivity index (χ0n) is 17.4. The van der Waals surface area contributed by atoms with Gasteiger partial charge in [0.1, 0.15) is 5.69 Å². The van der Waals surface area contributed by atoms with Crippen LogP contribution in [0.2, 0.25) is 0 Å². The summed E-state index contributed by atoms with van der Waals surface area (Å²) in [7, 11) is 0. The first-order chi connectivity index (χ1) is 15.8. The Morgan fingerprint density at radius 1 is 0.848 bits per heavy atom. The predicted octanol–water partition coefficient (Wildman–Crippen LogP) is 2.48. The molecule has 0 aliphatic rings. The van der Waals surface area contributed by atoms with E-state index >= 15 is 0 Å². The molecular weight excluding hydrogens is 426 g/mol. The Bertz CT molecular complexity index is 1180. The number of anilines is 2. The van der Waals surface area contributed by atoms with E-state index in [4.69, 9.17) is 5.73 Å². The van der Waals surface area contributed by atoms with Gasteiger partial charge in [-0.2, -0.15) is 0 Å². The molecule has 0 saturated carbocycles. The monoisotopic (exact) mass is 447 g/mol. The Morgan fingerprint density at radius 3 is 2.12 bits per heavy atom. The molecule has 5 N–H and O–H groups in total. The summed E-state index contributed by atoms with van der Waals surface area (Å²) >= 11 is 0. The SMILES string of the molecule is NC(=O)CNC(=O)c1ccc(CNC(=O)c2ccc(Nc3ccccc3)c([N+](=O)[O-])c2)cc1. The minimum Gasteiger partial charge on any atom is -0.368 e. The summed E-state index contributed by atoms with van der Waals surface area (Å²) in [4.78, 5) is 46.1. The normalized spacial score (nSPS) is 10.2. The lowest BCUT2D eigenvalue weighted by Crippen LogP contribution is -2.33. The minimum atomic E-state index is -0.646. The quantitative estimate of drug-likeness (QED) is 0.292. The number of nitrogens with zero attached hydrogens (tertiary/aromatic N) is 1. The second kappa shape index (κ2) is 10.5. The van der Waals surface area contributed by atoms with Gasteiger partial charge in [0.15, 0.2) is 0 Å². The number of carbonyl (C=O) groups excluding carboxylic acids is 3. The third kappa shape index (κ3) is 6.37. The number of nitrogens with two attached hydrogens (primary N) is 1. The number of hydrogen-bond acceptors (Lipinski definition) is 6. The van der Waals surface area contributed by atoms with Crippen molar-refractivity contribution < 1.29 is 19.3 Å². The van der Waals surface area contributed by atoms with Crippen molar-refractivity contribution in [2.24, 2.45) is 5.73 Å². The zero-order chi connectivity index (χ0) is 23.8. The Kier molecular flexibility index (Phi) is 7.32. The predicted molar refractivity (Wildman–Crippen MR) is 122 cm³/mol. The van der Waals surface area contributed by atoms with Gasteiger partial charge in [0.2, 0.25) is 5.91 Å². The zero-order valence-corrected chi connectivity index (χ0v) is 17.4. The molecule has 0 heterocycles. The number of amides is 3. The van der Waals surface area contributed by atoms with Crippen molar-refractivity contribution in [3.8, 4) is 0 Å². The molecule has 33 heavy (non-hydrogen) atoms. The van der Waals surface area contributed by atoms with Crippen LogP contribution >= 0.6 is 0 Å². The topological polar surface area (TPSA) is 156 Å². The third-order valence-electron chi connectivity index (χ3n) is 4.60. The highest BCUT2D eigenvalue weighted by molar-refractivity contribution is 5.97. The van der Waals surface area contributed by atoms with E-state index in [0.29, 0.717) is 16.8 Å². The lowest BCUT2D eigenvalue weighted by molar-refractivity contribution is -0.383. The van der Waals surface area contributed by atoms with Crippen molar-refractivity contribution in [1.82, 2.24) is 10.6 Å². The molecular formula is C23H21N5O5. The van der Waals surface area contributed by atoms with Crippen molar-refractivity contribution in [3.05, 3.63) is 99.6 Å². The van der Waals surface area contributed by atoms with Crippen molar-refractivity contribution in [1.29, 1.82) is 0 Å². The molecule has 3 amide bonds. The average Bonchev–Trinajstić information content (AvgIpc) is 2.82. The van der Waals surface area contributed by atoms with E-state index in [9.17, 15) is 24.5 Å². The highest BCUT2D eigenvalue weighted by Crippen LogP contribution is 2.28. The van der Waals surface area contributed by atoms with Gasteiger partial charge >= 0.3 is 0 Å². The van der Waals surface area contributed by atoms with Gasteiger partial charge in [0.25, 0.3) is 17.5 Å². The van der Waals surface area contributed by atoms with E-state index in [1.54, 1.807) is 48.5 Å². The molecule has 10 heteroatoms. The van der Waals surface area contributed by atoms with Gasteiger partial charge in [-0.3, -0.25) is 24.5 Å². The summed E-state index contributed by atoms with van der Waals surface area (Å²) in [6.45, 7) is -0.109. The highest BCUT2D eigenvalue weighted by Gasteiger charge is 2.18. The van der Waals surface area contributed by atoms with E-state index in [-0.39, 0.29) is 30.0 Å². The first kappa shape index (κ1) is 22.9. The van der Waals surface area contributed by atoms with Crippen LogP contribution < -0.4 is 21.7 Å². The molecule has 0 bridgehead atoms. The van der Waals surface area contributed by atoms with E-state index in [1.807, 2.05) is 6.07 Å². The van der Waals surface area contributed by atoms with E-state index in [2.05, 4.69) is 16.0 Å². The number of nitro groups is 1. The standard InChI is InChI=1S/C23H21N5O5/c24-21(29)14-26-22(30)16-8-6-15(7-9-16)13-25-23(31)17-10-11-19(20(12-17)28(32)33)27-18-4-2-1-3-5-18/h1-12,27H,13-14H2,(H2,24,29)(H,25,31)(H,26,30). The summed E-state index contributed by atoms with van der Waals surface area (Å²) in [5.41, 5.74) is 6.92. The van der Waals surface area contributed by atoms with Crippen LogP contribution in [-0.2, 0) is 11.3 Å². The first-order valence-electron chi connectivity index (χ1n) is 9.87. The minimum absolute atomic E-state index is 0.141. The lowest BCUT2D eigenvalue weighted by Gasteiger charge is -2.10. The number of primary amides is 1. The molecule has 0 aliphatic heterocycles. The lowest BCUT2D eigenvalue weighted by atomic mass is 10.1. The van der Waals surface area contributed by atoms with E-state index < -0.39 is 22.6 Å². The van der Waals surface area contributed by atoms with Gasteiger partial charge in [0.05, 0.1) is 11.5 Å². The molecule has 0 unspecified atom stereocenters. The number of para-hydroxylation sites is 1. The van der Waals surface area contributed by atoms with Crippen LogP contribution in [0, 0.1) is 10.1 Å². The fourth-order valence-electron chi connectivity index (χ4n) is 2.93. The van der Waals surface area contributed by atoms with Crippen molar-refractivity contribution in [2.45, 2.75) is 6.54 Å². The smallest absolute Gasteiger partial charge is 0.293 e. The summed E-state index contributed by atoms with van der Waals surface area (Å²) in [5.74, 6) is -1.57. The van der Waals surface area contributed by atoms with Crippen LogP contribution in [0.1, 0.15) is 26.3 Å². The highest BCUT2D eigenvalue weighted by atomic mass is 16.6. The number of benzene rings is 3. The summed E-state index contributed by atoms with van der Waals surface area (Å²) in [5, 5.41) is 19.6. The van der Waals surface area contributed by atoms with Crippen LogP contribution in [0.15, 0.2) is 72.8 Å².